The summed E-state index contributed by atoms with van der Waals surface area (Å²) in [6.07, 6.45) is 2.01. The van der Waals surface area contributed by atoms with Crippen LogP contribution in [0.4, 0.5) is 0 Å². The van der Waals surface area contributed by atoms with Crippen molar-refractivity contribution in [2.24, 2.45) is 0 Å². The number of aromatic nitrogens is 2. The number of nitrogens with zero attached hydrogens (tertiary/aromatic N) is 2. The zero-order chi connectivity index (χ0) is 21.7. The number of carbonyl (C=O) groups excluding carboxylic acids is 2. The second-order valence-electron chi connectivity index (χ2n) is 7.41. The quantitative estimate of drug-likeness (QED) is 0.554. The fourth-order valence-electron chi connectivity index (χ4n) is 3.34. The maximum absolute atomic E-state index is 12.7. The van der Waals surface area contributed by atoms with Gasteiger partial charge in [0.1, 0.15) is 5.76 Å². The lowest BCUT2D eigenvalue weighted by molar-refractivity contribution is 0.0942. The van der Waals surface area contributed by atoms with E-state index >= 15 is 0 Å². The van der Waals surface area contributed by atoms with Gasteiger partial charge in [0, 0.05) is 36.1 Å². The van der Waals surface area contributed by atoms with Crippen molar-refractivity contribution in [3.63, 3.8) is 0 Å². The summed E-state index contributed by atoms with van der Waals surface area (Å²) in [6.45, 7) is 8.79. The SMILES string of the molecule is CCCCNC(=O)c1ccc(CNC(=O)c2cc(C)n(-c3cc(C)on3)c2C)cc1. The number of rotatable bonds is 8. The van der Waals surface area contributed by atoms with Crippen molar-refractivity contribution in [3.05, 3.63) is 70.2 Å². The molecule has 2 amide bonds. The standard InChI is InChI=1S/C23H28N4O3/c1-5-6-11-24-22(28)19-9-7-18(8-10-19)14-25-23(29)20-12-15(2)27(17(20)4)21-13-16(3)30-26-21/h7-10,12-13H,5-6,11,14H2,1-4H3,(H,24,28)(H,25,29). The van der Waals surface area contributed by atoms with E-state index in [-0.39, 0.29) is 11.8 Å². The van der Waals surface area contributed by atoms with E-state index < -0.39 is 0 Å². The van der Waals surface area contributed by atoms with Crippen LogP contribution in [0.15, 0.2) is 40.9 Å². The summed E-state index contributed by atoms with van der Waals surface area (Å²) in [5.74, 6) is 1.14. The number of amides is 2. The molecular weight excluding hydrogens is 380 g/mol. The topological polar surface area (TPSA) is 89.2 Å². The van der Waals surface area contributed by atoms with Gasteiger partial charge < -0.3 is 15.2 Å². The van der Waals surface area contributed by atoms with Crippen LogP contribution in [-0.4, -0.2) is 28.1 Å². The largest absolute Gasteiger partial charge is 0.360 e. The lowest BCUT2D eigenvalue weighted by atomic mass is 10.1. The molecule has 0 aliphatic carbocycles. The molecular formula is C23H28N4O3. The zero-order valence-electron chi connectivity index (χ0n) is 17.9. The van der Waals surface area contributed by atoms with Gasteiger partial charge in [-0.25, -0.2) is 0 Å². The average molecular weight is 409 g/mol. The van der Waals surface area contributed by atoms with Crippen molar-refractivity contribution in [2.45, 2.75) is 47.1 Å². The van der Waals surface area contributed by atoms with Crippen LogP contribution >= 0.6 is 0 Å². The third-order valence-corrected chi connectivity index (χ3v) is 5.01. The van der Waals surface area contributed by atoms with Crippen molar-refractivity contribution >= 4 is 11.8 Å². The van der Waals surface area contributed by atoms with Gasteiger partial charge in [0.15, 0.2) is 5.82 Å². The van der Waals surface area contributed by atoms with Crippen LogP contribution in [0.5, 0.6) is 0 Å². The van der Waals surface area contributed by atoms with Gasteiger partial charge in [0.2, 0.25) is 0 Å². The molecule has 0 saturated heterocycles. The minimum absolute atomic E-state index is 0.0745. The highest BCUT2D eigenvalue weighted by molar-refractivity contribution is 5.96. The van der Waals surface area contributed by atoms with E-state index in [2.05, 4.69) is 22.7 Å². The first-order valence-corrected chi connectivity index (χ1v) is 10.2. The number of aryl methyl sites for hydroxylation is 2. The molecule has 2 aromatic heterocycles. The molecule has 0 spiro atoms. The van der Waals surface area contributed by atoms with E-state index in [0.29, 0.717) is 35.8 Å². The molecule has 158 valence electrons. The van der Waals surface area contributed by atoms with E-state index in [1.54, 1.807) is 12.1 Å². The summed E-state index contributed by atoms with van der Waals surface area (Å²) < 4.78 is 7.06. The van der Waals surface area contributed by atoms with Crippen molar-refractivity contribution in [2.75, 3.05) is 6.54 Å². The monoisotopic (exact) mass is 408 g/mol. The number of benzene rings is 1. The summed E-state index contributed by atoms with van der Waals surface area (Å²) in [5.41, 5.74) is 3.85. The highest BCUT2D eigenvalue weighted by Gasteiger charge is 2.18. The molecule has 0 bridgehead atoms. The molecule has 0 radical (unpaired) electrons. The minimum atomic E-state index is -0.157. The predicted octanol–water partition coefficient (Wildman–Crippen LogP) is 3.85. The minimum Gasteiger partial charge on any atom is -0.360 e. The Morgan fingerprint density at radius 3 is 2.40 bits per heavy atom. The number of hydrogen-bond acceptors (Lipinski definition) is 4. The van der Waals surface area contributed by atoms with E-state index in [1.165, 1.54) is 0 Å². The Labute approximate surface area is 176 Å². The van der Waals surface area contributed by atoms with Crippen molar-refractivity contribution in [1.29, 1.82) is 0 Å². The molecule has 2 heterocycles. The van der Waals surface area contributed by atoms with Crippen molar-refractivity contribution in [1.82, 2.24) is 20.4 Å². The third kappa shape index (κ3) is 4.79. The fraction of sp³-hybridized carbons (Fsp3) is 0.348. The van der Waals surface area contributed by atoms with Gasteiger partial charge in [0.05, 0.1) is 5.56 Å². The van der Waals surface area contributed by atoms with Crippen LogP contribution in [0.1, 0.15) is 63.2 Å². The van der Waals surface area contributed by atoms with Crippen LogP contribution in [0, 0.1) is 20.8 Å². The first kappa shape index (κ1) is 21.4. The first-order valence-electron chi connectivity index (χ1n) is 10.2. The Morgan fingerprint density at radius 2 is 1.77 bits per heavy atom. The molecule has 0 aliphatic rings. The molecule has 0 aliphatic heterocycles. The summed E-state index contributed by atoms with van der Waals surface area (Å²) in [5, 5.41) is 9.89. The zero-order valence-corrected chi connectivity index (χ0v) is 17.9. The van der Waals surface area contributed by atoms with Crippen molar-refractivity contribution < 1.29 is 14.1 Å². The lowest BCUT2D eigenvalue weighted by Gasteiger charge is -2.08. The van der Waals surface area contributed by atoms with Crippen molar-refractivity contribution in [3.8, 4) is 5.82 Å². The first-order chi connectivity index (χ1) is 14.4. The van der Waals surface area contributed by atoms with Crippen LogP contribution in [-0.2, 0) is 6.54 Å². The molecule has 3 rings (SSSR count). The molecule has 30 heavy (non-hydrogen) atoms. The van der Waals surface area contributed by atoms with E-state index in [1.807, 2.05) is 49.6 Å². The van der Waals surface area contributed by atoms with Crippen LogP contribution in [0.3, 0.4) is 0 Å². The molecule has 0 unspecified atom stereocenters. The van der Waals surface area contributed by atoms with Gasteiger partial charge in [-0.2, -0.15) is 0 Å². The van der Waals surface area contributed by atoms with Crippen LogP contribution < -0.4 is 10.6 Å². The highest BCUT2D eigenvalue weighted by Crippen LogP contribution is 2.20. The average Bonchev–Trinajstić information content (AvgIpc) is 3.28. The van der Waals surface area contributed by atoms with Gasteiger partial charge in [-0.15, -0.1) is 0 Å². The number of carbonyl (C=O) groups is 2. The van der Waals surface area contributed by atoms with Crippen LogP contribution in [0.25, 0.3) is 5.82 Å². The Kier molecular flexibility index (Phi) is 6.72. The Bertz CT molecular complexity index is 1030. The predicted molar refractivity (Wildman–Crippen MR) is 115 cm³/mol. The normalized spacial score (nSPS) is 10.8. The van der Waals surface area contributed by atoms with E-state index in [0.717, 1.165) is 29.8 Å². The lowest BCUT2D eigenvalue weighted by Crippen LogP contribution is -2.25. The number of hydrogen-bond donors (Lipinski definition) is 2. The fourth-order valence-corrected chi connectivity index (χ4v) is 3.34. The van der Waals surface area contributed by atoms with Gasteiger partial charge in [-0.1, -0.05) is 30.6 Å². The molecule has 0 saturated carbocycles. The molecule has 0 atom stereocenters. The van der Waals surface area contributed by atoms with Gasteiger partial charge in [-0.05, 0) is 51.0 Å². The second kappa shape index (κ2) is 9.43. The Morgan fingerprint density at radius 1 is 1.03 bits per heavy atom. The van der Waals surface area contributed by atoms with Crippen LogP contribution in [0.2, 0.25) is 0 Å². The van der Waals surface area contributed by atoms with Gasteiger partial charge >= 0.3 is 0 Å². The molecule has 2 N–H and O–H groups in total. The smallest absolute Gasteiger partial charge is 0.253 e. The molecule has 3 aromatic rings. The van der Waals surface area contributed by atoms with E-state index in [4.69, 9.17) is 4.52 Å². The maximum atomic E-state index is 12.7. The molecule has 7 nitrogen and oxygen atoms in total. The molecule has 1 aromatic carbocycles. The van der Waals surface area contributed by atoms with E-state index in [9.17, 15) is 9.59 Å². The Balaban J connectivity index is 1.63. The van der Waals surface area contributed by atoms with Gasteiger partial charge in [-0.3, -0.25) is 14.2 Å². The maximum Gasteiger partial charge on any atom is 0.253 e. The third-order valence-electron chi connectivity index (χ3n) is 5.01. The summed E-state index contributed by atoms with van der Waals surface area (Å²) in [4.78, 5) is 24.8. The molecule has 7 heteroatoms. The highest BCUT2D eigenvalue weighted by atomic mass is 16.5. The number of nitrogens with one attached hydrogen (secondary N) is 2. The summed E-state index contributed by atoms with van der Waals surface area (Å²) in [6, 6.07) is 11.0. The summed E-state index contributed by atoms with van der Waals surface area (Å²) >= 11 is 0. The Hall–Kier alpha value is -3.35. The number of unbranched alkanes of at least 4 members (excludes halogenated alkanes) is 1. The molecule has 0 fully saturated rings. The summed E-state index contributed by atoms with van der Waals surface area (Å²) in [7, 11) is 0. The second-order valence-corrected chi connectivity index (χ2v) is 7.41. The van der Waals surface area contributed by atoms with Gasteiger partial charge in [0.25, 0.3) is 11.8 Å².